The molecule has 1 aliphatic rings. The zero-order valence-corrected chi connectivity index (χ0v) is 10.7. The summed E-state index contributed by atoms with van der Waals surface area (Å²) in [7, 11) is 0. The largest absolute Gasteiger partial charge is 0.382 e. The Bertz CT molecular complexity index is 327. The number of rotatable bonds is 5. The molecule has 0 spiro atoms. The van der Waals surface area contributed by atoms with E-state index in [1.807, 2.05) is 11.8 Å². The highest BCUT2D eigenvalue weighted by Gasteiger charge is 2.14. The fraction of sp³-hybridized carbons (Fsp3) is 0.538. The number of nitrogens with one attached hydrogen (secondary N) is 1. The molecule has 3 heteroatoms. The second-order valence-corrected chi connectivity index (χ2v) is 5.38. The van der Waals surface area contributed by atoms with Crippen molar-refractivity contribution in [3.8, 4) is 0 Å². The summed E-state index contributed by atoms with van der Waals surface area (Å²) in [6, 6.07) is 8.61. The van der Waals surface area contributed by atoms with Crippen molar-refractivity contribution in [2.75, 3.05) is 41.4 Å². The Morgan fingerprint density at radius 2 is 2.25 bits per heavy atom. The van der Waals surface area contributed by atoms with E-state index in [2.05, 4.69) is 41.4 Å². The number of para-hydroxylation sites is 2. The van der Waals surface area contributed by atoms with E-state index in [4.69, 9.17) is 0 Å². The molecule has 0 fully saturated rings. The van der Waals surface area contributed by atoms with Crippen LogP contribution in [0.3, 0.4) is 0 Å². The second-order valence-electron chi connectivity index (χ2n) is 3.98. The first-order chi connectivity index (χ1) is 7.92. The van der Waals surface area contributed by atoms with Gasteiger partial charge in [0.25, 0.3) is 0 Å². The molecule has 2 rings (SSSR count). The van der Waals surface area contributed by atoms with Crippen molar-refractivity contribution in [3.63, 3.8) is 0 Å². The molecule has 16 heavy (non-hydrogen) atoms. The fourth-order valence-corrected chi connectivity index (χ4v) is 2.70. The van der Waals surface area contributed by atoms with Gasteiger partial charge < -0.3 is 10.2 Å². The first-order valence-electron chi connectivity index (χ1n) is 6.07. The Hall–Kier alpha value is -0.830. The van der Waals surface area contributed by atoms with Crippen LogP contribution in [-0.4, -0.2) is 31.1 Å². The minimum atomic E-state index is 1.07. The maximum atomic E-state index is 3.45. The standard InChI is InChI=1S/C13H20N2S/c1-2-16-11-5-9-15-10-8-14-12-6-3-4-7-13(12)15/h3-4,6-7,14H,2,5,8-11H2,1H3. The predicted molar refractivity (Wildman–Crippen MR) is 74.8 cm³/mol. The summed E-state index contributed by atoms with van der Waals surface area (Å²) < 4.78 is 0. The van der Waals surface area contributed by atoms with Crippen LogP contribution < -0.4 is 10.2 Å². The molecule has 1 aromatic carbocycles. The van der Waals surface area contributed by atoms with E-state index in [0.717, 1.165) is 13.1 Å². The van der Waals surface area contributed by atoms with E-state index < -0.39 is 0 Å². The van der Waals surface area contributed by atoms with Crippen molar-refractivity contribution in [2.24, 2.45) is 0 Å². The van der Waals surface area contributed by atoms with Crippen molar-refractivity contribution < 1.29 is 0 Å². The number of fused-ring (bicyclic) bond motifs is 1. The van der Waals surface area contributed by atoms with Gasteiger partial charge in [-0.15, -0.1) is 0 Å². The van der Waals surface area contributed by atoms with Crippen LogP contribution >= 0.6 is 11.8 Å². The molecular formula is C13H20N2S. The van der Waals surface area contributed by atoms with E-state index >= 15 is 0 Å². The van der Waals surface area contributed by atoms with Crippen LogP contribution in [-0.2, 0) is 0 Å². The molecule has 0 bridgehead atoms. The van der Waals surface area contributed by atoms with Crippen molar-refractivity contribution >= 4 is 23.1 Å². The van der Waals surface area contributed by atoms with E-state index in [0.29, 0.717) is 0 Å². The van der Waals surface area contributed by atoms with Gasteiger partial charge >= 0.3 is 0 Å². The lowest BCUT2D eigenvalue weighted by molar-refractivity contribution is 0.764. The zero-order valence-electron chi connectivity index (χ0n) is 9.91. The lowest BCUT2D eigenvalue weighted by atomic mass is 10.2. The average Bonchev–Trinajstić information content (AvgIpc) is 2.35. The SMILES string of the molecule is CCSCCCN1CCNc2ccccc21. The van der Waals surface area contributed by atoms with Gasteiger partial charge in [0.1, 0.15) is 0 Å². The number of thioether (sulfide) groups is 1. The molecular weight excluding hydrogens is 216 g/mol. The van der Waals surface area contributed by atoms with E-state index in [1.54, 1.807) is 0 Å². The second kappa shape index (κ2) is 6.04. The quantitative estimate of drug-likeness (QED) is 0.791. The molecule has 1 aliphatic heterocycles. The number of nitrogens with zero attached hydrogens (tertiary/aromatic N) is 1. The van der Waals surface area contributed by atoms with Gasteiger partial charge in [-0.2, -0.15) is 11.8 Å². The number of anilines is 2. The van der Waals surface area contributed by atoms with Crippen molar-refractivity contribution in [3.05, 3.63) is 24.3 Å². The van der Waals surface area contributed by atoms with Crippen LogP contribution in [0, 0.1) is 0 Å². The maximum Gasteiger partial charge on any atom is 0.0602 e. The van der Waals surface area contributed by atoms with Crippen LogP contribution in [0.5, 0.6) is 0 Å². The minimum Gasteiger partial charge on any atom is -0.382 e. The third kappa shape index (κ3) is 2.85. The number of hydrogen-bond acceptors (Lipinski definition) is 3. The first kappa shape index (κ1) is 11.6. The van der Waals surface area contributed by atoms with Crippen LogP contribution in [0.4, 0.5) is 11.4 Å². The first-order valence-corrected chi connectivity index (χ1v) is 7.23. The van der Waals surface area contributed by atoms with E-state index in [1.165, 1.54) is 35.8 Å². The summed E-state index contributed by atoms with van der Waals surface area (Å²) in [6.07, 6.45) is 1.28. The van der Waals surface area contributed by atoms with Gasteiger partial charge in [0.05, 0.1) is 11.4 Å². The lowest BCUT2D eigenvalue weighted by Gasteiger charge is -2.32. The molecule has 0 amide bonds. The fourth-order valence-electron chi connectivity index (χ4n) is 2.08. The molecule has 0 aromatic heterocycles. The lowest BCUT2D eigenvalue weighted by Crippen LogP contribution is -2.34. The van der Waals surface area contributed by atoms with Crippen LogP contribution in [0.25, 0.3) is 0 Å². The molecule has 0 saturated carbocycles. The van der Waals surface area contributed by atoms with Gasteiger partial charge in [-0.05, 0) is 30.1 Å². The smallest absolute Gasteiger partial charge is 0.0602 e. The summed E-state index contributed by atoms with van der Waals surface area (Å²) >= 11 is 2.04. The molecule has 2 nitrogen and oxygen atoms in total. The molecule has 0 radical (unpaired) electrons. The van der Waals surface area contributed by atoms with Gasteiger partial charge in [0.2, 0.25) is 0 Å². The third-order valence-electron chi connectivity index (χ3n) is 2.86. The Labute approximate surface area is 102 Å². The molecule has 0 unspecified atom stereocenters. The molecule has 0 saturated heterocycles. The highest BCUT2D eigenvalue weighted by Crippen LogP contribution is 2.28. The van der Waals surface area contributed by atoms with Crippen molar-refractivity contribution in [2.45, 2.75) is 13.3 Å². The van der Waals surface area contributed by atoms with Gasteiger partial charge in [-0.3, -0.25) is 0 Å². The monoisotopic (exact) mass is 236 g/mol. The minimum absolute atomic E-state index is 1.07. The van der Waals surface area contributed by atoms with Crippen LogP contribution in [0.15, 0.2) is 24.3 Å². The average molecular weight is 236 g/mol. The van der Waals surface area contributed by atoms with E-state index in [9.17, 15) is 0 Å². The highest BCUT2D eigenvalue weighted by atomic mass is 32.2. The highest BCUT2D eigenvalue weighted by molar-refractivity contribution is 7.99. The molecule has 1 heterocycles. The van der Waals surface area contributed by atoms with Crippen LogP contribution in [0.1, 0.15) is 13.3 Å². The summed E-state index contributed by atoms with van der Waals surface area (Å²) in [5.41, 5.74) is 2.66. The Morgan fingerprint density at radius 3 is 3.12 bits per heavy atom. The number of benzene rings is 1. The predicted octanol–water partition coefficient (Wildman–Crippen LogP) is 3.06. The summed E-state index contributed by atoms with van der Waals surface area (Å²) in [5.74, 6) is 2.51. The molecule has 1 aromatic rings. The summed E-state index contributed by atoms with van der Waals surface area (Å²) in [6.45, 7) is 5.61. The third-order valence-corrected chi connectivity index (χ3v) is 3.85. The normalized spacial score (nSPS) is 14.4. The summed E-state index contributed by atoms with van der Waals surface area (Å²) in [4.78, 5) is 2.50. The van der Waals surface area contributed by atoms with Crippen LogP contribution in [0.2, 0.25) is 0 Å². The molecule has 0 aliphatic carbocycles. The van der Waals surface area contributed by atoms with Gasteiger partial charge in [-0.25, -0.2) is 0 Å². The van der Waals surface area contributed by atoms with Crippen molar-refractivity contribution in [1.82, 2.24) is 0 Å². The summed E-state index contributed by atoms with van der Waals surface area (Å²) in [5, 5.41) is 3.45. The Kier molecular flexibility index (Phi) is 4.40. The molecule has 0 atom stereocenters. The van der Waals surface area contributed by atoms with Crippen molar-refractivity contribution in [1.29, 1.82) is 0 Å². The Balaban J connectivity index is 1.91. The van der Waals surface area contributed by atoms with E-state index in [-0.39, 0.29) is 0 Å². The molecule has 88 valence electrons. The van der Waals surface area contributed by atoms with Gasteiger partial charge in [0.15, 0.2) is 0 Å². The Morgan fingerprint density at radius 1 is 1.38 bits per heavy atom. The molecule has 1 N–H and O–H groups in total. The topological polar surface area (TPSA) is 15.3 Å². The number of hydrogen-bond donors (Lipinski definition) is 1. The van der Waals surface area contributed by atoms with Gasteiger partial charge in [-0.1, -0.05) is 19.1 Å². The zero-order chi connectivity index (χ0) is 11.2. The van der Waals surface area contributed by atoms with Gasteiger partial charge in [0, 0.05) is 19.6 Å². The maximum absolute atomic E-state index is 3.45.